The summed E-state index contributed by atoms with van der Waals surface area (Å²) in [6, 6.07) is 8.65. The number of nitrogens with zero attached hydrogens (tertiary/aromatic N) is 1. The number of halogens is 2. The van der Waals surface area contributed by atoms with Crippen LogP contribution in [0.2, 0.25) is 5.15 Å². The van der Waals surface area contributed by atoms with Crippen LogP contribution in [0.3, 0.4) is 0 Å². The first-order valence-corrected chi connectivity index (χ1v) is 6.27. The first-order chi connectivity index (χ1) is 9.54. The van der Waals surface area contributed by atoms with Crippen LogP contribution < -0.4 is 5.32 Å². The summed E-state index contributed by atoms with van der Waals surface area (Å²) < 4.78 is 13.0. The molecule has 0 spiro atoms. The third-order valence-electron chi connectivity index (χ3n) is 2.62. The van der Waals surface area contributed by atoms with Crippen molar-refractivity contribution in [3.05, 3.63) is 59.1 Å². The van der Waals surface area contributed by atoms with Crippen molar-refractivity contribution in [3.8, 4) is 0 Å². The number of rotatable bonds is 4. The van der Waals surface area contributed by atoms with Crippen LogP contribution in [0.15, 0.2) is 42.6 Å². The van der Waals surface area contributed by atoms with Gasteiger partial charge in [-0.3, -0.25) is 4.79 Å². The van der Waals surface area contributed by atoms with E-state index in [9.17, 15) is 14.3 Å². The molecule has 2 rings (SSSR count). The third kappa shape index (κ3) is 4.01. The van der Waals surface area contributed by atoms with E-state index in [1.165, 1.54) is 24.4 Å². The lowest BCUT2D eigenvalue weighted by molar-refractivity contribution is -0.118. The molecule has 0 aliphatic carbocycles. The molecule has 1 atom stereocenters. The molecule has 2 N–H and O–H groups in total. The van der Waals surface area contributed by atoms with E-state index in [1.807, 2.05) is 0 Å². The minimum atomic E-state index is -1.06. The van der Waals surface area contributed by atoms with E-state index in [0.29, 0.717) is 16.4 Å². The van der Waals surface area contributed by atoms with Crippen LogP contribution in [0.25, 0.3) is 0 Å². The minimum absolute atomic E-state index is 0.175. The van der Waals surface area contributed by atoms with Crippen LogP contribution in [0.5, 0.6) is 0 Å². The maximum Gasteiger partial charge on any atom is 0.227 e. The van der Waals surface area contributed by atoms with Crippen molar-refractivity contribution < 1.29 is 14.3 Å². The standard InChI is InChI=1S/C14H12ClFN2O2/c15-13-5-4-11(8-17-13)18-14(20)7-12(19)9-2-1-3-10(16)6-9/h1-6,8,12,19H,7H2,(H,18,20). The van der Waals surface area contributed by atoms with Gasteiger partial charge in [-0.15, -0.1) is 0 Å². The Kier molecular flexibility index (Phi) is 4.65. The van der Waals surface area contributed by atoms with Crippen molar-refractivity contribution in [2.24, 2.45) is 0 Å². The van der Waals surface area contributed by atoms with Gasteiger partial charge in [-0.25, -0.2) is 9.37 Å². The van der Waals surface area contributed by atoms with E-state index in [1.54, 1.807) is 18.2 Å². The first-order valence-electron chi connectivity index (χ1n) is 5.89. The minimum Gasteiger partial charge on any atom is -0.388 e. The number of amides is 1. The van der Waals surface area contributed by atoms with Crippen molar-refractivity contribution in [2.45, 2.75) is 12.5 Å². The third-order valence-corrected chi connectivity index (χ3v) is 2.85. The molecule has 0 radical (unpaired) electrons. The first kappa shape index (κ1) is 14.4. The molecular weight excluding hydrogens is 283 g/mol. The topological polar surface area (TPSA) is 62.2 Å². The van der Waals surface area contributed by atoms with Crippen molar-refractivity contribution in [1.29, 1.82) is 0 Å². The van der Waals surface area contributed by atoms with Gasteiger partial charge in [0, 0.05) is 0 Å². The van der Waals surface area contributed by atoms with Crippen LogP contribution in [-0.4, -0.2) is 16.0 Å². The van der Waals surface area contributed by atoms with Gasteiger partial charge in [-0.1, -0.05) is 23.7 Å². The predicted molar refractivity (Wildman–Crippen MR) is 73.9 cm³/mol. The number of hydrogen-bond acceptors (Lipinski definition) is 3. The molecule has 1 unspecified atom stereocenters. The van der Waals surface area contributed by atoms with Gasteiger partial charge < -0.3 is 10.4 Å². The molecular formula is C14H12ClFN2O2. The molecule has 1 heterocycles. The highest BCUT2D eigenvalue weighted by Crippen LogP contribution is 2.18. The molecule has 0 bridgehead atoms. The molecule has 1 aromatic heterocycles. The SMILES string of the molecule is O=C(CC(O)c1cccc(F)c1)Nc1ccc(Cl)nc1. The van der Waals surface area contributed by atoms with E-state index >= 15 is 0 Å². The average Bonchev–Trinajstić information content (AvgIpc) is 2.41. The largest absolute Gasteiger partial charge is 0.388 e. The normalized spacial score (nSPS) is 11.9. The highest BCUT2D eigenvalue weighted by atomic mass is 35.5. The highest BCUT2D eigenvalue weighted by molar-refractivity contribution is 6.29. The summed E-state index contributed by atoms with van der Waals surface area (Å²) in [6.07, 6.45) is 0.173. The van der Waals surface area contributed by atoms with Gasteiger partial charge in [0.2, 0.25) is 5.91 Å². The molecule has 6 heteroatoms. The molecule has 0 saturated heterocycles. The number of pyridine rings is 1. The fraction of sp³-hybridized carbons (Fsp3) is 0.143. The van der Waals surface area contributed by atoms with Crippen molar-refractivity contribution in [1.82, 2.24) is 4.98 Å². The van der Waals surface area contributed by atoms with Gasteiger partial charge in [0.05, 0.1) is 24.4 Å². The molecule has 0 fully saturated rings. The number of carbonyl (C=O) groups excluding carboxylic acids is 1. The van der Waals surface area contributed by atoms with E-state index in [-0.39, 0.29) is 6.42 Å². The zero-order chi connectivity index (χ0) is 14.5. The number of aliphatic hydroxyl groups excluding tert-OH is 1. The van der Waals surface area contributed by atoms with Crippen molar-refractivity contribution in [2.75, 3.05) is 5.32 Å². The number of benzene rings is 1. The maximum absolute atomic E-state index is 13.0. The Morgan fingerprint density at radius 3 is 2.85 bits per heavy atom. The average molecular weight is 295 g/mol. The van der Waals surface area contributed by atoms with Crippen LogP contribution in [0.1, 0.15) is 18.1 Å². The highest BCUT2D eigenvalue weighted by Gasteiger charge is 2.13. The predicted octanol–water partition coefficient (Wildman–Crippen LogP) is 2.94. The number of aliphatic hydroxyl groups is 1. The van der Waals surface area contributed by atoms with Gasteiger partial charge in [-0.05, 0) is 29.8 Å². The molecule has 2 aromatic rings. The molecule has 1 aromatic carbocycles. The molecule has 104 valence electrons. The summed E-state index contributed by atoms with van der Waals surface area (Å²) >= 11 is 5.63. The molecule has 0 aliphatic rings. The maximum atomic E-state index is 13.0. The lowest BCUT2D eigenvalue weighted by atomic mass is 10.1. The monoisotopic (exact) mass is 294 g/mol. The van der Waals surface area contributed by atoms with Gasteiger partial charge in [-0.2, -0.15) is 0 Å². The second-order valence-electron chi connectivity index (χ2n) is 4.19. The Balaban J connectivity index is 1.95. The lowest BCUT2D eigenvalue weighted by Crippen LogP contribution is -2.15. The molecule has 0 aliphatic heterocycles. The second kappa shape index (κ2) is 6.45. The fourth-order valence-corrected chi connectivity index (χ4v) is 1.78. The van der Waals surface area contributed by atoms with E-state index in [2.05, 4.69) is 10.3 Å². The zero-order valence-electron chi connectivity index (χ0n) is 10.4. The smallest absolute Gasteiger partial charge is 0.227 e. The van der Waals surface area contributed by atoms with Crippen LogP contribution in [-0.2, 0) is 4.79 Å². The number of aromatic nitrogens is 1. The van der Waals surface area contributed by atoms with Crippen molar-refractivity contribution >= 4 is 23.2 Å². The summed E-state index contributed by atoms with van der Waals surface area (Å²) in [5, 5.41) is 12.8. The fourth-order valence-electron chi connectivity index (χ4n) is 1.67. The number of nitrogens with one attached hydrogen (secondary N) is 1. The summed E-state index contributed by atoms with van der Waals surface area (Å²) in [5.74, 6) is -0.852. The van der Waals surface area contributed by atoms with Crippen LogP contribution in [0, 0.1) is 5.82 Å². The van der Waals surface area contributed by atoms with E-state index in [0.717, 1.165) is 0 Å². The number of anilines is 1. The van der Waals surface area contributed by atoms with E-state index in [4.69, 9.17) is 11.6 Å². The number of hydrogen-bond donors (Lipinski definition) is 2. The molecule has 20 heavy (non-hydrogen) atoms. The summed E-state index contributed by atoms with van der Waals surface area (Å²) in [5.41, 5.74) is 0.834. The Morgan fingerprint density at radius 2 is 2.20 bits per heavy atom. The van der Waals surface area contributed by atoms with Crippen LogP contribution >= 0.6 is 11.6 Å². The molecule has 4 nitrogen and oxygen atoms in total. The summed E-state index contributed by atoms with van der Waals surface area (Å²) in [4.78, 5) is 15.6. The molecule has 1 amide bonds. The van der Waals surface area contributed by atoms with Gasteiger partial charge >= 0.3 is 0 Å². The summed E-state index contributed by atoms with van der Waals surface area (Å²) in [6.45, 7) is 0. The van der Waals surface area contributed by atoms with Gasteiger partial charge in [0.1, 0.15) is 11.0 Å². The Labute approximate surface area is 120 Å². The lowest BCUT2D eigenvalue weighted by Gasteiger charge is -2.11. The molecule has 0 saturated carbocycles. The second-order valence-corrected chi connectivity index (χ2v) is 4.58. The Bertz CT molecular complexity index is 604. The zero-order valence-corrected chi connectivity index (χ0v) is 11.1. The Morgan fingerprint density at radius 1 is 1.40 bits per heavy atom. The van der Waals surface area contributed by atoms with E-state index < -0.39 is 17.8 Å². The Hall–Kier alpha value is -1.98. The van der Waals surface area contributed by atoms with Gasteiger partial charge in [0.15, 0.2) is 0 Å². The van der Waals surface area contributed by atoms with Gasteiger partial charge in [0.25, 0.3) is 0 Å². The van der Waals surface area contributed by atoms with Crippen LogP contribution in [0.4, 0.5) is 10.1 Å². The summed E-state index contributed by atoms with van der Waals surface area (Å²) in [7, 11) is 0. The quantitative estimate of drug-likeness (QED) is 0.852. The number of carbonyl (C=O) groups is 1. The van der Waals surface area contributed by atoms with Crippen molar-refractivity contribution in [3.63, 3.8) is 0 Å².